The molecule has 0 aliphatic carbocycles. The molecule has 0 atom stereocenters. The van der Waals surface area contributed by atoms with Gasteiger partial charge in [-0.25, -0.2) is 8.78 Å². The van der Waals surface area contributed by atoms with Gasteiger partial charge < -0.3 is 5.32 Å². The van der Waals surface area contributed by atoms with Crippen LogP contribution in [0, 0.1) is 11.6 Å². The van der Waals surface area contributed by atoms with Crippen molar-refractivity contribution in [2.45, 2.75) is 6.54 Å². The van der Waals surface area contributed by atoms with Crippen LogP contribution in [0.4, 0.5) is 8.78 Å². The van der Waals surface area contributed by atoms with Crippen LogP contribution >= 0.6 is 0 Å². The third kappa shape index (κ3) is 2.53. The van der Waals surface area contributed by atoms with E-state index in [0.717, 1.165) is 11.6 Å². The van der Waals surface area contributed by atoms with Gasteiger partial charge in [-0.3, -0.25) is 4.79 Å². The Bertz CT molecular complexity index is 552. The Kier molecular flexibility index (Phi) is 3.67. The van der Waals surface area contributed by atoms with Gasteiger partial charge in [0.05, 0.1) is 0 Å². The lowest BCUT2D eigenvalue weighted by Crippen LogP contribution is -2.09. The third-order valence-electron chi connectivity index (χ3n) is 2.61. The smallest absolute Gasteiger partial charge is 0.207 e. The van der Waals surface area contributed by atoms with Crippen LogP contribution in [-0.2, 0) is 11.3 Å². The highest BCUT2D eigenvalue weighted by molar-refractivity contribution is 5.64. The average molecular weight is 247 g/mol. The lowest BCUT2D eigenvalue weighted by atomic mass is 10.0. The number of benzene rings is 2. The van der Waals surface area contributed by atoms with E-state index in [1.165, 1.54) is 12.1 Å². The highest BCUT2D eigenvalue weighted by atomic mass is 19.2. The molecule has 18 heavy (non-hydrogen) atoms. The first-order valence-corrected chi connectivity index (χ1v) is 5.42. The van der Waals surface area contributed by atoms with Gasteiger partial charge in [-0.2, -0.15) is 0 Å². The van der Waals surface area contributed by atoms with Crippen LogP contribution in [0.2, 0.25) is 0 Å². The van der Waals surface area contributed by atoms with Crippen LogP contribution in [0.3, 0.4) is 0 Å². The molecule has 1 N–H and O–H groups in total. The molecule has 0 heterocycles. The number of amides is 1. The predicted octanol–water partition coefficient (Wildman–Crippen LogP) is 2.88. The van der Waals surface area contributed by atoms with Crippen molar-refractivity contribution in [3.05, 3.63) is 59.7 Å². The fourth-order valence-electron chi connectivity index (χ4n) is 1.69. The summed E-state index contributed by atoms with van der Waals surface area (Å²) >= 11 is 0. The van der Waals surface area contributed by atoms with Crippen molar-refractivity contribution in [1.82, 2.24) is 5.32 Å². The van der Waals surface area contributed by atoms with Gasteiger partial charge >= 0.3 is 0 Å². The molecule has 92 valence electrons. The van der Waals surface area contributed by atoms with Crippen molar-refractivity contribution in [2.24, 2.45) is 0 Å². The summed E-state index contributed by atoms with van der Waals surface area (Å²) in [6.07, 6.45) is 0.611. The molecular formula is C14H11F2NO. The molecule has 0 aliphatic heterocycles. The van der Waals surface area contributed by atoms with E-state index in [2.05, 4.69) is 5.32 Å². The lowest BCUT2D eigenvalue weighted by Gasteiger charge is -2.05. The van der Waals surface area contributed by atoms with Crippen molar-refractivity contribution in [1.29, 1.82) is 0 Å². The van der Waals surface area contributed by atoms with Crippen molar-refractivity contribution >= 4 is 6.41 Å². The van der Waals surface area contributed by atoms with E-state index in [0.29, 0.717) is 18.5 Å². The summed E-state index contributed by atoms with van der Waals surface area (Å²) in [5, 5.41) is 2.53. The second kappa shape index (κ2) is 5.40. The molecule has 2 nitrogen and oxygen atoms in total. The summed E-state index contributed by atoms with van der Waals surface area (Å²) < 4.78 is 26.6. The average Bonchev–Trinajstić information content (AvgIpc) is 2.40. The maximum absolute atomic E-state index is 13.6. The van der Waals surface area contributed by atoms with Crippen molar-refractivity contribution in [3.8, 4) is 11.1 Å². The Morgan fingerprint density at radius 2 is 1.78 bits per heavy atom. The predicted molar refractivity (Wildman–Crippen MR) is 64.7 cm³/mol. The zero-order valence-electron chi connectivity index (χ0n) is 9.49. The molecule has 0 saturated carbocycles. The van der Waals surface area contributed by atoms with Crippen molar-refractivity contribution in [3.63, 3.8) is 0 Å². The molecular weight excluding hydrogens is 236 g/mol. The first-order valence-electron chi connectivity index (χ1n) is 5.42. The Labute approximate surface area is 103 Å². The molecule has 1 amide bonds. The molecule has 0 fully saturated rings. The van der Waals surface area contributed by atoms with Crippen molar-refractivity contribution in [2.75, 3.05) is 0 Å². The number of carbonyl (C=O) groups excluding carboxylic acids is 1. The van der Waals surface area contributed by atoms with E-state index in [1.807, 2.05) is 0 Å². The second-order valence-electron chi connectivity index (χ2n) is 3.80. The van der Waals surface area contributed by atoms with Gasteiger partial charge in [0.15, 0.2) is 11.6 Å². The Balaban J connectivity index is 2.28. The SMILES string of the molecule is O=CNCc1ccc(-c2cccc(F)c2F)cc1. The summed E-state index contributed by atoms with van der Waals surface area (Å²) in [4.78, 5) is 10.1. The first-order chi connectivity index (χ1) is 8.72. The summed E-state index contributed by atoms with van der Waals surface area (Å²) in [5.41, 5.74) is 1.72. The monoisotopic (exact) mass is 247 g/mol. The zero-order valence-corrected chi connectivity index (χ0v) is 9.49. The molecule has 0 unspecified atom stereocenters. The molecule has 0 aromatic heterocycles. The molecule has 2 aromatic rings. The van der Waals surface area contributed by atoms with Crippen LogP contribution in [0.1, 0.15) is 5.56 Å². The minimum atomic E-state index is -0.862. The van der Waals surface area contributed by atoms with Gasteiger partial charge in [0.25, 0.3) is 0 Å². The molecule has 0 saturated heterocycles. The molecule has 0 spiro atoms. The number of carbonyl (C=O) groups is 1. The van der Waals surface area contributed by atoms with E-state index >= 15 is 0 Å². The summed E-state index contributed by atoms with van der Waals surface area (Å²) in [6.45, 7) is 0.412. The summed E-state index contributed by atoms with van der Waals surface area (Å²) in [5.74, 6) is -1.71. The maximum Gasteiger partial charge on any atom is 0.207 e. The Hall–Kier alpha value is -2.23. The zero-order chi connectivity index (χ0) is 13.0. The number of rotatable bonds is 4. The summed E-state index contributed by atoms with van der Waals surface area (Å²) in [6, 6.07) is 11.0. The minimum Gasteiger partial charge on any atom is -0.355 e. The molecule has 0 bridgehead atoms. The molecule has 0 aliphatic rings. The topological polar surface area (TPSA) is 29.1 Å². The highest BCUT2D eigenvalue weighted by Crippen LogP contribution is 2.24. The Morgan fingerprint density at radius 1 is 1.06 bits per heavy atom. The normalized spacial score (nSPS) is 10.1. The quantitative estimate of drug-likeness (QED) is 0.827. The number of hydrogen-bond donors (Lipinski definition) is 1. The van der Waals surface area contributed by atoms with E-state index in [-0.39, 0.29) is 5.56 Å². The molecule has 2 rings (SSSR count). The molecule has 0 radical (unpaired) electrons. The first kappa shape index (κ1) is 12.2. The van der Waals surface area contributed by atoms with Gasteiger partial charge in [0, 0.05) is 12.1 Å². The van der Waals surface area contributed by atoms with Gasteiger partial charge in [0.2, 0.25) is 6.41 Å². The minimum absolute atomic E-state index is 0.227. The number of halogens is 2. The largest absolute Gasteiger partial charge is 0.355 e. The van der Waals surface area contributed by atoms with Crippen LogP contribution in [-0.4, -0.2) is 6.41 Å². The second-order valence-corrected chi connectivity index (χ2v) is 3.80. The van der Waals surface area contributed by atoms with Gasteiger partial charge in [0.1, 0.15) is 0 Å². The molecule has 2 aromatic carbocycles. The van der Waals surface area contributed by atoms with Gasteiger partial charge in [-0.1, -0.05) is 36.4 Å². The fraction of sp³-hybridized carbons (Fsp3) is 0.0714. The number of nitrogens with one attached hydrogen (secondary N) is 1. The molecule has 4 heteroatoms. The van der Waals surface area contributed by atoms with Gasteiger partial charge in [-0.15, -0.1) is 0 Å². The standard InChI is InChI=1S/C14H11F2NO/c15-13-3-1-2-12(14(13)16)11-6-4-10(5-7-11)8-17-9-18/h1-7,9H,8H2,(H,17,18). The van der Waals surface area contributed by atoms with E-state index in [9.17, 15) is 13.6 Å². The Morgan fingerprint density at radius 3 is 2.44 bits per heavy atom. The lowest BCUT2D eigenvalue weighted by molar-refractivity contribution is -0.109. The van der Waals surface area contributed by atoms with Crippen molar-refractivity contribution < 1.29 is 13.6 Å². The van der Waals surface area contributed by atoms with E-state index in [1.54, 1.807) is 24.3 Å². The van der Waals surface area contributed by atoms with Crippen LogP contribution < -0.4 is 5.32 Å². The van der Waals surface area contributed by atoms with Gasteiger partial charge in [-0.05, 0) is 17.2 Å². The fourth-order valence-corrected chi connectivity index (χ4v) is 1.69. The van der Waals surface area contributed by atoms with E-state index < -0.39 is 11.6 Å². The van der Waals surface area contributed by atoms with Crippen LogP contribution in [0.5, 0.6) is 0 Å². The van der Waals surface area contributed by atoms with Crippen LogP contribution in [0.25, 0.3) is 11.1 Å². The van der Waals surface area contributed by atoms with E-state index in [4.69, 9.17) is 0 Å². The number of hydrogen-bond acceptors (Lipinski definition) is 1. The third-order valence-corrected chi connectivity index (χ3v) is 2.61. The maximum atomic E-state index is 13.6. The summed E-state index contributed by atoms with van der Waals surface area (Å²) in [7, 11) is 0. The van der Waals surface area contributed by atoms with Crippen LogP contribution in [0.15, 0.2) is 42.5 Å². The highest BCUT2D eigenvalue weighted by Gasteiger charge is 2.09.